The van der Waals surface area contributed by atoms with Gasteiger partial charge in [-0.2, -0.15) is 4.31 Å². The first kappa shape index (κ1) is 23.2. The summed E-state index contributed by atoms with van der Waals surface area (Å²) in [5, 5.41) is 3.17. The van der Waals surface area contributed by atoms with Crippen LogP contribution in [0.4, 0.5) is 10.1 Å². The number of carbonyl (C=O) groups excluding carboxylic acids is 2. The van der Waals surface area contributed by atoms with Crippen LogP contribution >= 0.6 is 11.6 Å². The maximum Gasteiger partial charge on any atom is 0.247 e. The van der Waals surface area contributed by atoms with Crippen molar-refractivity contribution in [3.05, 3.63) is 64.4 Å². The Bertz CT molecular complexity index is 1120. The number of nitrogens with zero attached hydrogens (tertiary/aromatic N) is 2. The maximum absolute atomic E-state index is 13.3. The van der Waals surface area contributed by atoms with Crippen molar-refractivity contribution in [2.24, 2.45) is 0 Å². The lowest BCUT2D eigenvalue weighted by atomic mass is 9.93. The Kier molecular flexibility index (Phi) is 6.40. The minimum Gasteiger partial charge on any atom is -0.350 e. The average Bonchev–Trinajstić information content (AvgIpc) is 2.69. The lowest BCUT2D eigenvalue weighted by Crippen LogP contribution is -2.70. The topological polar surface area (TPSA) is 86.8 Å². The zero-order chi connectivity index (χ0) is 23.0. The van der Waals surface area contributed by atoms with Crippen LogP contribution in [-0.2, 0) is 26.2 Å². The second-order valence-corrected chi connectivity index (χ2v) is 10.1. The molecule has 166 valence electrons. The largest absolute Gasteiger partial charge is 0.350 e. The highest BCUT2D eigenvalue weighted by atomic mass is 35.5. The first-order valence-corrected chi connectivity index (χ1v) is 11.7. The van der Waals surface area contributed by atoms with Crippen LogP contribution in [0.5, 0.6) is 0 Å². The summed E-state index contributed by atoms with van der Waals surface area (Å²) < 4.78 is 38.5. The molecule has 0 aliphatic carbocycles. The van der Waals surface area contributed by atoms with Gasteiger partial charge in [0.25, 0.3) is 0 Å². The van der Waals surface area contributed by atoms with Crippen LogP contribution in [0.15, 0.2) is 42.5 Å². The number of hydrogen-bond acceptors (Lipinski definition) is 4. The van der Waals surface area contributed by atoms with Gasteiger partial charge in [-0.25, -0.2) is 12.8 Å². The molecular weight excluding hydrogens is 445 g/mol. The van der Waals surface area contributed by atoms with Crippen LogP contribution in [0.3, 0.4) is 0 Å². The molecule has 0 spiro atoms. The molecule has 10 heteroatoms. The minimum absolute atomic E-state index is 0.0874. The molecule has 1 N–H and O–H groups in total. The van der Waals surface area contributed by atoms with Crippen molar-refractivity contribution < 1.29 is 22.4 Å². The third-order valence-electron chi connectivity index (χ3n) is 5.34. The Morgan fingerprint density at radius 3 is 2.48 bits per heavy atom. The number of benzene rings is 2. The number of nitrogens with one attached hydrogen (secondary N) is 1. The van der Waals surface area contributed by atoms with Crippen molar-refractivity contribution in [3.8, 4) is 0 Å². The van der Waals surface area contributed by atoms with Gasteiger partial charge < -0.3 is 5.32 Å². The number of piperazine rings is 1. The molecule has 1 aliphatic heterocycles. The monoisotopic (exact) mass is 467 g/mol. The van der Waals surface area contributed by atoms with Gasteiger partial charge in [-0.1, -0.05) is 29.8 Å². The molecule has 0 radical (unpaired) electrons. The summed E-state index contributed by atoms with van der Waals surface area (Å²) in [6.07, 6.45) is 0.997. The fourth-order valence-electron chi connectivity index (χ4n) is 3.59. The summed E-state index contributed by atoms with van der Waals surface area (Å²) in [4.78, 5) is 27.7. The Morgan fingerprint density at radius 1 is 1.23 bits per heavy atom. The number of hydrogen-bond donors (Lipinski definition) is 1. The normalized spacial score (nSPS) is 20.0. The molecule has 1 heterocycles. The van der Waals surface area contributed by atoms with E-state index in [1.54, 1.807) is 25.1 Å². The number of anilines is 1. The summed E-state index contributed by atoms with van der Waals surface area (Å²) in [5.41, 5.74) is 0.160. The Balaban J connectivity index is 1.99. The average molecular weight is 468 g/mol. The first-order valence-electron chi connectivity index (χ1n) is 9.49. The van der Waals surface area contributed by atoms with E-state index in [-0.39, 0.29) is 19.6 Å². The van der Waals surface area contributed by atoms with Crippen LogP contribution in [0.2, 0.25) is 5.02 Å². The van der Waals surface area contributed by atoms with Gasteiger partial charge in [0, 0.05) is 23.8 Å². The van der Waals surface area contributed by atoms with Crippen LogP contribution in [-0.4, -0.2) is 49.4 Å². The van der Waals surface area contributed by atoms with Gasteiger partial charge in [-0.05, 0) is 49.2 Å². The first-order chi connectivity index (χ1) is 14.4. The molecule has 2 aromatic carbocycles. The van der Waals surface area contributed by atoms with Crippen molar-refractivity contribution >= 4 is 39.1 Å². The lowest BCUT2D eigenvalue weighted by Gasteiger charge is -2.47. The molecule has 1 aliphatic rings. The lowest BCUT2D eigenvalue weighted by molar-refractivity contribution is -0.133. The standard InChI is InChI=1S/C21H23ClFN3O4S/c1-14-17(22)5-4-6-18(14)26-19(27)12-25(31(3,29)30)13-21(26,2)20(28)24-11-15-7-9-16(23)10-8-15/h4-10H,11-13H2,1-3H3,(H,24,28)/t21-/m0/s1. The van der Waals surface area contributed by atoms with Gasteiger partial charge in [0.15, 0.2) is 0 Å². The molecular formula is C21H23ClFN3O4S. The summed E-state index contributed by atoms with van der Waals surface area (Å²) in [6, 6.07) is 10.6. The molecule has 1 atom stereocenters. The highest BCUT2D eigenvalue weighted by Gasteiger charge is 2.50. The number of rotatable bonds is 5. The molecule has 1 fully saturated rings. The molecule has 0 unspecified atom stereocenters. The predicted octanol–water partition coefficient (Wildman–Crippen LogP) is 2.47. The van der Waals surface area contributed by atoms with E-state index in [2.05, 4.69) is 5.32 Å². The zero-order valence-corrected chi connectivity index (χ0v) is 18.9. The fourth-order valence-corrected chi connectivity index (χ4v) is 4.59. The third kappa shape index (κ3) is 4.73. The Morgan fingerprint density at radius 2 is 1.87 bits per heavy atom. The molecule has 1 saturated heterocycles. The van der Waals surface area contributed by atoms with Crippen LogP contribution in [0, 0.1) is 12.7 Å². The molecule has 0 saturated carbocycles. The van der Waals surface area contributed by atoms with Crippen molar-refractivity contribution in [3.63, 3.8) is 0 Å². The number of amides is 2. The van der Waals surface area contributed by atoms with E-state index in [9.17, 15) is 22.4 Å². The summed E-state index contributed by atoms with van der Waals surface area (Å²) in [6.45, 7) is 2.72. The zero-order valence-electron chi connectivity index (χ0n) is 17.4. The molecule has 7 nitrogen and oxygen atoms in total. The van der Waals surface area contributed by atoms with Crippen molar-refractivity contribution in [2.45, 2.75) is 25.9 Å². The van der Waals surface area contributed by atoms with Crippen molar-refractivity contribution in [2.75, 3.05) is 24.2 Å². The van der Waals surface area contributed by atoms with E-state index in [1.165, 1.54) is 36.1 Å². The Hall–Kier alpha value is -2.49. The number of carbonyl (C=O) groups is 2. The smallest absolute Gasteiger partial charge is 0.247 e. The highest BCUT2D eigenvalue weighted by Crippen LogP contribution is 2.35. The molecule has 0 aromatic heterocycles. The van der Waals surface area contributed by atoms with Gasteiger partial charge in [0.05, 0.1) is 12.8 Å². The second-order valence-electron chi connectivity index (χ2n) is 7.73. The van der Waals surface area contributed by atoms with E-state index in [1.807, 2.05) is 0 Å². The van der Waals surface area contributed by atoms with E-state index in [0.717, 1.165) is 10.6 Å². The molecule has 2 aromatic rings. The van der Waals surface area contributed by atoms with E-state index >= 15 is 0 Å². The fraction of sp³-hybridized carbons (Fsp3) is 0.333. The molecule has 31 heavy (non-hydrogen) atoms. The van der Waals surface area contributed by atoms with Gasteiger partial charge in [-0.15, -0.1) is 0 Å². The van der Waals surface area contributed by atoms with Gasteiger partial charge in [0.1, 0.15) is 11.4 Å². The highest BCUT2D eigenvalue weighted by molar-refractivity contribution is 7.88. The third-order valence-corrected chi connectivity index (χ3v) is 6.95. The van der Waals surface area contributed by atoms with Gasteiger partial charge >= 0.3 is 0 Å². The minimum atomic E-state index is -3.72. The molecule has 2 amide bonds. The van der Waals surface area contributed by atoms with Gasteiger partial charge in [0.2, 0.25) is 21.8 Å². The van der Waals surface area contributed by atoms with Crippen LogP contribution in [0.25, 0.3) is 0 Å². The molecule has 0 bridgehead atoms. The van der Waals surface area contributed by atoms with E-state index in [4.69, 9.17) is 11.6 Å². The van der Waals surface area contributed by atoms with Crippen LogP contribution < -0.4 is 10.2 Å². The van der Waals surface area contributed by atoms with E-state index < -0.39 is 33.2 Å². The van der Waals surface area contributed by atoms with Crippen LogP contribution in [0.1, 0.15) is 18.1 Å². The maximum atomic E-state index is 13.3. The quantitative estimate of drug-likeness (QED) is 0.731. The van der Waals surface area contributed by atoms with Crippen molar-refractivity contribution in [1.82, 2.24) is 9.62 Å². The Labute approximate surface area is 185 Å². The summed E-state index contributed by atoms with van der Waals surface area (Å²) in [5.74, 6) is -1.48. The van der Waals surface area contributed by atoms with Crippen molar-refractivity contribution in [1.29, 1.82) is 0 Å². The summed E-state index contributed by atoms with van der Waals surface area (Å²) in [7, 11) is -3.72. The second kappa shape index (κ2) is 8.57. The predicted molar refractivity (Wildman–Crippen MR) is 117 cm³/mol. The number of halogens is 2. The SMILES string of the molecule is Cc1c(Cl)cccc1N1C(=O)CN(S(C)(=O)=O)C[C@@]1(C)C(=O)NCc1ccc(F)cc1. The number of sulfonamides is 1. The van der Waals surface area contributed by atoms with E-state index in [0.29, 0.717) is 21.8 Å². The van der Waals surface area contributed by atoms with Gasteiger partial charge in [-0.3, -0.25) is 14.5 Å². The summed E-state index contributed by atoms with van der Waals surface area (Å²) >= 11 is 6.23. The molecule has 3 rings (SSSR count).